The number of hydrogen-bond donors (Lipinski definition) is 1. The molecule has 0 bridgehead atoms. The van der Waals surface area contributed by atoms with E-state index in [2.05, 4.69) is 26.1 Å². The summed E-state index contributed by atoms with van der Waals surface area (Å²) in [7, 11) is 0. The van der Waals surface area contributed by atoms with Gasteiger partial charge in [-0.15, -0.1) is 5.10 Å². The normalized spacial score (nSPS) is 18.7. The standard InChI is InChI=1S/C12H20BrN3OS/c1-9(2)16-10(17)14-15-11(16)18-8-12(7-13)5-3-4-6-12/h9H,3-8H2,1-2H3,(H,14,17). The van der Waals surface area contributed by atoms with Gasteiger partial charge >= 0.3 is 5.69 Å². The van der Waals surface area contributed by atoms with Crippen molar-refractivity contribution in [1.29, 1.82) is 0 Å². The molecule has 102 valence electrons. The molecular formula is C12H20BrN3OS. The summed E-state index contributed by atoms with van der Waals surface area (Å²) < 4.78 is 1.74. The number of alkyl halides is 1. The maximum absolute atomic E-state index is 11.6. The van der Waals surface area contributed by atoms with Crippen molar-refractivity contribution in [3.05, 3.63) is 10.5 Å². The second kappa shape index (κ2) is 5.82. The fourth-order valence-electron chi connectivity index (χ4n) is 2.51. The third-order valence-corrected chi connectivity index (χ3v) is 6.14. The van der Waals surface area contributed by atoms with Gasteiger partial charge in [0.2, 0.25) is 0 Å². The zero-order valence-electron chi connectivity index (χ0n) is 10.9. The van der Waals surface area contributed by atoms with Gasteiger partial charge in [0.05, 0.1) is 0 Å². The molecule has 0 amide bonds. The van der Waals surface area contributed by atoms with Crippen molar-refractivity contribution in [3.8, 4) is 0 Å². The van der Waals surface area contributed by atoms with Crippen molar-refractivity contribution in [2.75, 3.05) is 11.1 Å². The Kier molecular flexibility index (Phi) is 4.59. The Hall–Kier alpha value is -0.230. The minimum atomic E-state index is -0.105. The summed E-state index contributed by atoms with van der Waals surface area (Å²) in [5.74, 6) is 1.04. The highest BCUT2D eigenvalue weighted by molar-refractivity contribution is 9.09. The SMILES string of the molecule is CC(C)n1c(SCC2(CBr)CCCC2)n[nH]c1=O. The maximum Gasteiger partial charge on any atom is 0.344 e. The van der Waals surface area contributed by atoms with Crippen LogP contribution in [0, 0.1) is 5.41 Å². The van der Waals surface area contributed by atoms with Gasteiger partial charge in [0.15, 0.2) is 5.16 Å². The Morgan fingerprint density at radius 3 is 2.72 bits per heavy atom. The maximum atomic E-state index is 11.6. The molecule has 2 rings (SSSR count). The van der Waals surface area contributed by atoms with Crippen LogP contribution in [0.3, 0.4) is 0 Å². The molecule has 0 aliphatic heterocycles. The molecule has 1 N–H and O–H groups in total. The van der Waals surface area contributed by atoms with Crippen molar-refractivity contribution in [2.45, 2.75) is 50.7 Å². The van der Waals surface area contributed by atoms with E-state index in [0.717, 1.165) is 16.2 Å². The van der Waals surface area contributed by atoms with Gasteiger partial charge in [0, 0.05) is 17.1 Å². The molecular weight excluding hydrogens is 314 g/mol. The number of halogens is 1. The Morgan fingerprint density at radius 1 is 1.50 bits per heavy atom. The third kappa shape index (κ3) is 2.85. The van der Waals surface area contributed by atoms with Crippen LogP contribution in [-0.2, 0) is 0 Å². The molecule has 0 atom stereocenters. The molecule has 4 nitrogen and oxygen atoms in total. The lowest BCUT2D eigenvalue weighted by atomic mass is 9.92. The number of hydrogen-bond acceptors (Lipinski definition) is 3. The molecule has 18 heavy (non-hydrogen) atoms. The van der Waals surface area contributed by atoms with Gasteiger partial charge in [0.1, 0.15) is 0 Å². The molecule has 0 radical (unpaired) electrons. The zero-order valence-corrected chi connectivity index (χ0v) is 13.3. The van der Waals surface area contributed by atoms with Crippen LogP contribution < -0.4 is 5.69 Å². The molecule has 1 saturated carbocycles. The smallest absolute Gasteiger partial charge is 0.268 e. The Bertz CT molecular complexity index is 448. The van der Waals surface area contributed by atoms with Gasteiger partial charge in [-0.05, 0) is 32.1 Å². The van der Waals surface area contributed by atoms with Crippen molar-refractivity contribution >= 4 is 27.7 Å². The van der Waals surface area contributed by atoms with Crippen LogP contribution in [0.15, 0.2) is 9.95 Å². The zero-order chi connectivity index (χ0) is 13.2. The number of nitrogens with zero attached hydrogens (tertiary/aromatic N) is 2. The largest absolute Gasteiger partial charge is 0.344 e. The second-order valence-electron chi connectivity index (χ2n) is 5.40. The average Bonchev–Trinajstić information content (AvgIpc) is 2.94. The van der Waals surface area contributed by atoms with E-state index in [9.17, 15) is 4.79 Å². The highest BCUT2D eigenvalue weighted by Crippen LogP contribution is 2.43. The van der Waals surface area contributed by atoms with E-state index in [1.807, 2.05) is 13.8 Å². The molecule has 1 fully saturated rings. The van der Waals surface area contributed by atoms with Gasteiger partial charge < -0.3 is 0 Å². The summed E-state index contributed by atoms with van der Waals surface area (Å²) >= 11 is 5.36. The molecule has 0 saturated heterocycles. The molecule has 1 aliphatic carbocycles. The second-order valence-corrected chi connectivity index (χ2v) is 6.91. The predicted octanol–water partition coefficient (Wildman–Crippen LogP) is 3.20. The van der Waals surface area contributed by atoms with E-state index in [0.29, 0.717) is 5.41 Å². The van der Waals surface area contributed by atoms with Crippen molar-refractivity contribution in [2.24, 2.45) is 5.41 Å². The number of aromatic amines is 1. The van der Waals surface area contributed by atoms with Crippen LogP contribution in [0.25, 0.3) is 0 Å². The first kappa shape index (κ1) is 14.2. The van der Waals surface area contributed by atoms with Crippen LogP contribution in [0.1, 0.15) is 45.6 Å². The van der Waals surface area contributed by atoms with Crippen LogP contribution in [-0.4, -0.2) is 25.8 Å². The lowest BCUT2D eigenvalue weighted by Crippen LogP contribution is -2.23. The predicted molar refractivity (Wildman–Crippen MR) is 78.7 cm³/mol. The number of nitrogens with one attached hydrogen (secondary N) is 1. The third-order valence-electron chi connectivity index (χ3n) is 3.64. The van der Waals surface area contributed by atoms with Crippen LogP contribution >= 0.6 is 27.7 Å². The van der Waals surface area contributed by atoms with E-state index in [1.54, 1.807) is 16.3 Å². The monoisotopic (exact) mass is 333 g/mol. The number of rotatable bonds is 5. The van der Waals surface area contributed by atoms with Gasteiger partial charge in [0.25, 0.3) is 0 Å². The van der Waals surface area contributed by atoms with Crippen LogP contribution in [0.2, 0.25) is 0 Å². The minimum absolute atomic E-state index is 0.105. The summed E-state index contributed by atoms with van der Waals surface area (Å²) in [5.41, 5.74) is 0.286. The van der Waals surface area contributed by atoms with Crippen LogP contribution in [0.5, 0.6) is 0 Å². The fourth-order valence-corrected chi connectivity index (χ4v) is 4.90. The van der Waals surface area contributed by atoms with Gasteiger partial charge in [-0.1, -0.05) is 40.5 Å². The minimum Gasteiger partial charge on any atom is -0.268 e. The van der Waals surface area contributed by atoms with Gasteiger partial charge in [-0.3, -0.25) is 4.57 Å². The van der Waals surface area contributed by atoms with E-state index in [-0.39, 0.29) is 11.7 Å². The summed E-state index contributed by atoms with van der Waals surface area (Å²) in [6.45, 7) is 4.02. The molecule has 1 heterocycles. The fraction of sp³-hybridized carbons (Fsp3) is 0.833. The number of aromatic nitrogens is 3. The highest BCUT2D eigenvalue weighted by Gasteiger charge is 2.33. The molecule has 0 unspecified atom stereocenters. The molecule has 0 spiro atoms. The Labute approximate surface area is 120 Å². The lowest BCUT2D eigenvalue weighted by Gasteiger charge is -2.25. The molecule has 6 heteroatoms. The number of thioether (sulfide) groups is 1. The highest BCUT2D eigenvalue weighted by atomic mass is 79.9. The molecule has 0 aromatic carbocycles. The molecule has 1 aliphatic rings. The first-order chi connectivity index (χ1) is 8.58. The Morgan fingerprint density at radius 2 is 2.17 bits per heavy atom. The first-order valence-corrected chi connectivity index (χ1v) is 8.54. The average molecular weight is 334 g/mol. The summed E-state index contributed by atoms with van der Waals surface area (Å²) in [6.07, 6.45) is 5.20. The van der Waals surface area contributed by atoms with Gasteiger partial charge in [-0.2, -0.15) is 0 Å². The van der Waals surface area contributed by atoms with E-state index >= 15 is 0 Å². The van der Waals surface area contributed by atoms with E-state index < -0.39 is 0 Å². The molecule has 1 aromatic heterocycles. The van der Waals surface area contributed by atoms with Crippen molar-refractivity contribution in [3.63, 3.8) is 0 Å². The lowest BCUT2D eigenvalue weighted by molar-refractivity contribution is 0.404. The summed E-state index contributed by atoms with van der Waals surface area (Å²) in [4.78, 5) is 11.6. The van der Waals surface area contributed by atoms with Crippen molar-refractivity contribution < 1.29 is 0 Å². The first-order valence-electron chi connectivity index (χ1n) is 6.44. The van der Waals surface area contributed by atoms with Gasteiger partial charge in [-0.25, -0.2) is 9.89 Å². The van der Waals surface area contributed by atoms with Crippen molar-refractivity contribution in [1.82, 2.24) is 14.8 Å². The molecule has 1 aromatic rings. The van der Waals surface area contributed by atoms with E-state index in [1.165, 1.54) is 25.7 Å². The topological polar surface area (TPSA) is 50.7 Å². The quantitative estimate of drug-likeness (QED) is 0.665. The summed E-state index contributed by atoms with van der Waals surface area (Å²) in [5, 5.41) is 8.55. The summed E-state index contributed by atoms with van der Waals surface area (Å²) in [6, 6.07) is 0.155. The Balaban J connectivity index is 2.08. The van der Waals surface area contributed by atoms with E-state index in [4.69, 9.17) is 0 Å². The van der Waals surface area contributed by atoms with Crippen LogP contribution in [0.4, 0.5) is 0 Å². The number of H-pyrrole nitrogens is 1.